The Bertz CT molecular complexity index is 1300. The average Bonchev–Trinajstić information content (AvgIpc) is 3.24. The number of benzene rings is 3. The third-order valence-corrected chi connectivity index (χ3v) is 6.26. The molecule has 0 bridgehead atoms. The van der Waals surface area contributed by atoms with Crippen LogP contribution in [0.3, 0.4) is 0 Å². The normalized spacial score (nSPS) is 11.1. The number of hydrogen-bond donors (Lipinski definition) is 0. The maximum atomic E-state index is 10.8. The summed E-state index contributed by atoms with van der Waals surface area (Å²) in [5.41, 5.74) is 4.78. The van der Waals surface area contributed by atoms with E-state index in [1.54, 1.807) is 0 Å². The summed E-state index contributed by atoms with van der Waals surface area (Å²) >= 11 is 0. The van der Waals surface area contributed by atoms with Gasteiger partial charge in [0.25, 0.3) is 0 Å². The minimum atomic E-state index is -4.15. The summed E-state index contributed by atoms with van der Waals surface area (Å²) in [5.74, 6) is -0.312. The Morgan fingerprint density at radius 2 is 1.29 bits per heavy atom. The molecule has 4 rings (SSSR count). The molecule has 0 spiro atoms. The second-order valence-corrected chi connectivity index (χ2v) is 9.54. The summed E-state index contributed by atoms with van der Waals surface area (Å²) in [5, 5.41) is 0. The molecule has 0 N–H and O–H groups in total. The van der Waals surface area contributed by atoms with Crippen LogP contribution in [0, 0.1) is 0 Å². The molecule has 8 heteroatoms. The van der Waals surface area contributed by atoms with Crippen molar-refractivity contribution in [2.45, 2.75) is 25.7 Å². The van der Waals surface area contributed by atoms with Crippen molar-refractivity contribution in [3.05, 3.63) is 91.0 Å². The van der Waals surface area contributed by atoms with Crippen LogP contribution >= 0.6 is 0 Å². The number of hydrogen-bond acceptors (Lipinski definition) is 5. The molecule has 0 radical (unpaired) electrons. The first-order valence-electron chi connectivity index (χ1n) is 11.4. The fourth-order valence-corrected chi connectivity index (χ4v) is 4.43. The second-order valence-electron chi connectivity index (χ2n) is 8.02. The molecular weight excluding hydrogens is 471 g/mol. The van der Waals surface area contributed by atoms with Gasteiger partial charge in [0.2, 0.25) is 0 Å². The summed E-state index contributed by atoms with van der Waals surface area (Å²) in [7, 11) is -4.15. The zero-order chi connectivity index (χ0) is 23.8. The van der Waals surface area contributed by atoms with Gasteiger partial charge in [0.15, 0.2) is 0 Å². The minimum absolute atomic E-state index is 0. The van der Waals surface area contributed by atoms with Crippen LogP contribution in [0.25, 0.3) is 28.2 Å². The van der Waals surface area contributed by atoms with Crippen molar-refractivity contribution in [3.63, 3.8) is 0 Å². The Labute approximate surface area is 229 Å². The van der Waals surface area contributed by atoms with Crippen LogP contribution in [0.15, 0.2) is 91.0 Å². The third kappa shape index (κ3) is 7.53. The summed E-state index contributed by atoms with van der Waals surface area (Å²) in [6.45, 7) is 0.441. The first-order chi connectivity index (χ1) is 16.5. The number of ether oxygens (including phenoxy) is 1. The third-order valence-electron chi connectivity index (χ3n) is 5.48. The Morgan fingerprint density at radius 3 is 1.89 bits per heavy atom. The Morgan fingerprint density at radius 1 is 0.743 bits per heavy atom. The van der Waals surface area contributed by atoms with E-state index in [0.29, 0.717) is 25.5 Å². The maximum absolute atomic E-state index is 10.8. The number of imidazole rings is 1. The molecule has 1 aromatic heterocycles. The van der Waals surface area contributed by atoms with Gasteiger partial charge in [-0.1, -0.05) is 91.7 Å². The topological polar surface area (TPSA) is 84.2 Å². The molecule has 4 aromatic rings. The summed E-state index contributed by atoms with van der Waals surface area (Å²) in [6.07, 6.45) is 2.56. The van der Waals surface area contributed by atoms with E-state index in [1.165, 1.54) is 0 Å². The zero-order valence-corrected chi connectivity index (χ0v) is 22.7. The standard InChI is InChI=1S/C27H28N2O4S.Na/c30-34(31,32)21-13-2-1-12-20-33-27-28-25(22-14-6-3-7-15-22)26(23-16-8-4-9-17-23)29(27)24-18-10-5-11-19-24;/h3-11,14-19H,1-2,12-13,20-21H2,(H,30,31,32);/q;+1/p-1. The monoisotopic (exact) mass is 498 g/mol. The molecule has 6 nitrogen and oxygen atoms in total. The molecule has 0 amide bonds. The van der Waals surface area contributed by atoms with Crippen LogP contribution in [0.4, 0.5) is 0 Å². The van der Waals surface area contributed by atoms with E-state index >= 15 is 0 Å². The van der Waals surface area contributed by atoms with Crippen molar-refractivity contribution < 1.29 is 47.3 Å². The van der Waals surface area contributed by atoms with Gasteiger partial charge >= 0.3 is 35.6 Å². The van der Waals surface area contributed by atoms with Crippen molar-refractivity contribution >= 4 is 10.1 Å². The SMILES string of the molecule is O=S(=O)([O-])CCCCCCOc1nc(-c2ccccc2)c(-c2ccccc2)n1-c1ccccc1.[Na+]. The molecule has 0 atom stereocenters. The average molecular weight is 499 g/mol. The first kappa shape index (κ1) is 27.2. The Kier molecular flexibility index (Phi) is 10.1. The fraction of sp³-hybridized carbons (Fsp3) is 0.222. The van der Waals surface area contributed by atoms with Gasteiger partial charge in [-0.2, -0.15) is 4.98 Å². The zero-order valence-electron chi connectivity index (χ0n) is 19.8. The molecule has 1 heterocycles. The number of aromatic nitrogens is 2. The molecule has 0 aliphatic heterocycles. The van der Waals surface area contributed by atoms with Gasteiger partial charge in [0.05, 0.1) is 28.1 Å². The smallest absolute Gasteiger partial charge is 0.748 e. The number of para-hydroxylation sites is 1. The summed E-state index contributed by atoms with van der Waals surface area (Å²) in [4.78, 5) is 4.92. The van der Waals surface area contributed by atoms with Gasteiger partial charge in [0.1, 0.15) is 5.69 Å². The molecule has 35 heavy (non-hydrogen) atoms. The van der Waals surface area contributed by atoms with Crippen LogP contribution in [-0.2, 0) is 10.1 Å². The van der Waals surface area contributed by atoms with E-state index in [-0.39, 0.29) is 35.3 Å². The molecule has 176 valence electrons. The van der Waals surface area contributed by atoms with Crippen molar-refractivity contribution in [3.8, 4) is 34.2 Å². The molecule has 0 aliphatic carbocycles. The van der Waals surface area contributed by atoms with Gasteiger partial charge in [-0.15, -0.1) is 0 Å². The van der Waals surface area contributed by atoms with E-state index in [4.69, 9.17) is 9.72 Å². The minimum Gasteiger partial charge on any atom is -0.748 e. The van der Waals surface area contributed by atoms with Crippen LogP contribution in [0.1, 0.15) is 25.7 Å². The molecule has 0 aliphatic rings. The largest absolute Gasteiger partial charge is 1.00 e. The van der Waals surface area contributed by atoms with E-state index in [0.717, 1.165) is 41.0 Å². The molecule has 0 fully saturated rings. The van der Waals surface area contributed by atoms with Crippen molar-refractivity contribution in [1.82, 2.24) is 9.55 Å². The molecular formula is C27H27N2NaO4S. The van der Waals surface area contributed by atoms with Crippen molar-refractivity contribution in [2.24, 2.45) is 0 Å². The molecule has 3 aromatic carbocycles. The molecule has 0 saturated heterocycles. The predicted octanol–water partition coefficient (Wildman–Crippen LogP) is 2.69. The van der Waals surface area contributed by atoms with Gasteiger partial charge in [-0.05, 0) is 25.0 Å². The number of rotatable bonds is 11. The molecule has 0 saturated carbocycles. The summed E-state index contributed by atoms with van der Waals surface area (Å²) < 4.78 is 40.5. The van der Waals surface area contributed by atoms with Crippen LogP contribution < -0.4 is 34.3 Å². The van der Waals surface area contributed by atoms with Crippen molar-refractivity contribution in [1.29, 1.82) is 0 Å². The van der Waals surface area contributed by atoms with Crippen molar-refractivity contribution in [2.75, 3.05) is 12.4 Å². The van der Waals surface area contributed by atoms with Gasteiger partial charge < -0.3 is 9.29 Å². The van der Waals surface area contributed by atoms with E-state index < -0.39 is 10.1 Å². The Hall–Kier alpha value is -2.42. The second kappa shape index (κ2) is 13.0. The van der Waals surface area contributed by atoms with E-state index in [1.807, 2.05) is 83.4 Å². The number of nitrogens with zero attached hydrogens (tertiary/aromatic N) is 2. The number of unbranched alkanes of at least 4 members (excludes halogenated alkanes) is 3. The van der Waals surface area contributed by atoms with E-state index in [2.05, 4.69) is 12.1 Å². The van der Waals surface area contributed by atoms with Crippen LogP contribution in [-0.4, -0.2) is 34.9 Å². The van der Waals surface area contributed by atoms with Gasteiger partial charge in [0, 0.05) is 16.9 Å². The van der Waals surface area contributed by atoms with E-state index in [9.17, 15) is 13.0 Å². The molecule has 0 unspecified atom stereocenters. The quantitative estimate of drug-likeness (QED) is 0.180. The fourth-order valence-electron chi connectivity index (χ4n) is 3.87. The van der Waals surface area contributed by atoms with Gasteiger partial charge in [-0.3, -0.25) is 4.57 Å². The van der Waals surface area contributed by atoms with Crippen LogP contribution in [0.2, 0.25) is 0 Å². The first-order valence-corrected chi connectivity index (χ1v) is 13.0. The Balaban J connectivity index is 0.00000342. The summed E-state index contributed by atoms with van der Waals surface area (Å²) in [6, 6.07) is 30.7. The van der Waals surface area contributed by atoms with Gasteiger partial charge in [-0.25, -0.2) is 8.42 Å². The maximum Gasteiger partial charge on any atom is 1.00 e. The predicted molar refractivity (Wildman–Crippen MR) is 133 cm³/mol. The van der Waals surface area contributed by atoms with Crippen LogP contribution in [0.5, 0.6) is 6.01 Å².